The van der Waals surface area contributed by atoms with Gasteiger partial charge in [0.1, 0.15) is 0 Å². The van der Waals surface area contributed by atoms with Gasteiger partial charge in [0.05, 0.1) is 0 Å². The number of Topliss-reactive ketones (excluding diaryl/α,β-unsaturated/α-hetero) is 1. The van der Waals surface area contributed by atoms with Crippen molar-refractivity contribution in [3.63, 3.8) is 0 Å². The molecule has 1 unspecified atom stereocenters. The Bertz CT molecular complexity index is 506. The average Bonchev–Trinajstić information content (AvgIpc) is 2.46. The summed E-state index contributed by atoms with van der Waals surface area (Å²) < 4.78 is 0. The Morgan fingerprint density at radius 2 is 2.00 bits per heavy atom. The standard InChI is InChI=1S/C16H21O3P/c1-4-12-6-5-7-13(10-12)15(19)20-9-8-16(2,3)14(18)11-17/h5-7,10-11,20H,4,8-9H2,1-3H3. The highest BCUT2D eigenvalue weighted by Gasteiger charge is 2.26. The lowest BCUT2D eigenvalue weighted by Gasteiger charge is -2.19. The maximum absolute atomic E-state index is 12.1. The van der Waals surface area contributed by atoms with Crippen molar-refractivity contribution >= 4 is 26.2 Å². The molecular weight excluding hydrogens is 271 g/mol. The molecule has 4 heteroatoms. The quantitative estimate of drug-likeness (QED) is 0.420. The van der Waals surface area contributed by atoms with Crippen molar-refractivity contribution in [1.82, 2.24) is 0 Å². The molecule has 1 aromatic rings. The summed E-state index contributed by atoms with van der Waals surface area (Å²) in [5.41, 5.74) is 1.34. The largest absolute Gasteiger partial charge is 0.295 e. The molecule has 0 spiro atoms. The van der Waals surface area contributed by atoms with Crippen LogP contribution in [0.5, 0.6) is 0 Å². The van der Waals surface area contributed by atoms with Crippen LogP contribution >= 0.6 is 8.58 Å². The second-order valence-corrected chi connectivity index (χ2v) is 6.73. The molecule has 0 aromatic heterocycles. The van der Waals surface area contributed by atoms with Gasteiger partial charge in [-0.2, -0.15) is 0 Å². The van der Waals surface area contributed by atoms with Crippen LogP contribution in [0.25, 0.3) is 0 Å². The van der Waals surface area contributed by atoms with Crippen LogP contribution < -0.4 is 0 Å². The number of carbonyl (C=O) groups is 3. The Morgan fingerprint density at radius 1 is 1.30 bits per heavy atom. The maximum Gasteiger partial charge on any atom is 0.200 e. The van der Waals surface area contributed by atoms with Gasteiger partial charge in [0, 0.05) is 11.0 Å². The summed E-state index contributed by atoms with van der Waals surface area (Å²) in [7, 11) is 0.142. The van der Waals surface area contributed by atoms with Gasteiger partial charge in [-0.1, -0.05) is 39.0 Å². The molecule has 0 N–H and O–H groups in total. The number of ketones is 1. The first-order chi connectivity index (χ1) is 9.40. The summed E-state index contributed by atoms with van der Waals surface area (Å²) in [5, 5.41) is 0. The predicted octanol–water partition coefficient (Wildman–Crippen LogP) is 3.25. The third kappa shape index (κ3) is 4.64. The molecule has 0 fully saturated rings. The van der Waals surface area contributed by atoms with Crippen molar-refractivity contribution in [1.29, 1.82) is 0 Å². The van der Waals surface area contributed by atoms with Crippen LogP contribution in [0.3, 0.4) is 0 Å². The number of hydrogen-bond donors (Lipinski definition) is 0. The van der Waals surface area contributed by atoms with E-state index in [0.717, 1.165) is 17.5 Å². The van der Waals surface area contributed by atoms with Crippen LogP contribution in [0.2, 0.25) is 0 Å². The highest BCUT2D eigenvalue weighted by atomic mass is 31.1. The van der Waals surface area contributed by atoms with Crippen LogP contribution in [0.4, 0.5) is 0 Å². The number of hydrogen-bond acceptors (Lipinski definition) is 3. The minimum atomic E-state index is -0.666. The second kappa shape index (κ2) is 7.44. The van der Waals surface area contributed by atoms with Crippen molar-refractivity contribution < 1.29 is 14.4 Å². The predicted molar refractivity (Wildman–Crippen MR) is 82.8 cm³/mol. The average molecular weight is 292 g/mol. The van der Waals surface area contributed by atoms with Gasteiger partial charge >= 0.3 is 0 Å². The highest BCUT2D eigenvalue weighted by molar-refractivity contribution is 7.58. The number of benzene rings is 1. The second-order valence-electron chi connectivity index (χ2n) is 5.43. The maximum atomic E-state index is 12.1. The van der Waals surface area contributed by atoms with E-state index in [-0.39, 0.29) is 14.1 Å². The minimum absolute atomic E-state index is 0.120. The van der Waals surface area contributed by atoms with Crippen molar-refractivity contribution in [3.05, 3.63) is 35.4 Å². The number of aryl methyl sites for hydroxylation is 1. The van der Waals surface area contributed by atoms with Gasteiger partial charge in [0.15, 0.2) is 11.8 Å². The summed E-state index contributed by atoms with van der Waals surface area (Å²) in [4.78, 5) is 34.0. The Labute approximate surface area is 121 Å². The van der Waals surface area contributed by atoms with Crippen LogP contribution in [0, 0.1) is 5.41 Å². The monoisotopic (exact) mass is 292 g/mol. The molecule has 0 amide bonds. The fourth-order valence-electron chi connectivity index (χ4n) is 1.81. The zero-order chi connectivity index (χ0) is 15.2. The van der Waals surface area contributed by atoms with E-state index in [1.807, 2.05) is 24.3 Å². The Kier molecular flexibility index (Phi) is 6.22. The summed E-state index contributed by atoms with van der Waals surface area (Å²) in [6.07, 6.45) is 2.48. The van der Waals surface area contributed by atoms with E-state index in [2.05, 4.69) is 6.92 Å². The van der Waals surface area contributed by atoms with Gasteiger partial charge in [-0.3, -0.25) is 14.4 Å². The van der Waals surface area contributed by atoms with Gasteiger partial charge in [0.2, 0.25) is 5.78 Å². The molecule has 0 bridgehead atoms. The fourth-order valence-corrected chi connectivity index (χ4v) is 3.14. The SMILES string of the molecule is CCc1cccc(C(=O)PCCC(C)(C)C(=O)C=O)c1. The van der Waals surface area contributed by atoms with Gasteiger partial charge in [-0.05, 0) is 39.2 Å². The fraction of sp³-hybridized carbons (Fsp3) is 0.438. The Hall–Kier alpha value is -1.34. The highest BCUT2D eigenvalue weighted by Crippen LogP contribution is 2.28. The smallest absolute Gasteiger partial charge is 0.200 e. The van der Waals surface area contributed by atoms with Crippen LogP contribution in [-0.4, -0.2) is 23.8 Å². The first kappa shape index (κ1) is 16.7. The van der Waals surface area contributed by atoms with E-state index in [9.17, 15) is 14.4 Å². The molecule has 0 radical (unpaired) electrons. The van der Waals surface area contributed by atoms with Gasteiger partial charge in [0.25, 0.3) is 0 Å². The van der Waals surface area contributed by atoms with E-state index >= 15 is 0 Å². The molecule has 1 aromatic carbocycles. The molecule has 0 heterocycles. The van der Waals surface area contributed by atoms with Gasteiger partial charge in [-0.25, -0.2) is 0 Å². The van der Waals surface area contributed by atoms with Crippen LogP contribution in [0.1, 0.15) is 43.1 Å². The van der Waals surface area contributed by atoms with E-state index < -0.39 is 11.2 Å². The molecule has 0 aliphatic carbocycles. The normalized spacial score (nSPS) is 11.8. The van der Waals surface area contributed by atoms with Crippen molar-refractivity contribution in [2.45, 2.75) is 33.6 Å². The lowest BCUT2D eigenvalue weighted by atomic mass is 9.86. The lowest BCUT2D eigenvalue weighted by Crippen LogP contribution is -2.25. The lowest BCUT2D eigenvalue weighted by molar-refractivity contribution is -0.135. The minimum Gasteiger partial charge on any atom is -0.295 e. The molecule has 1 rings (SSSR count). The Morgan fingerprint density at radius 3 is 2.60 bits per heavy atom. The van der Waals surface area contributed by atoms with Crippen molar-refractivity contribution in [2.75, 3.05) is 6.16 Å². The molecular formula is C16H21O3P. The number of rotatable bonds is 8. The molecule has 0 aliphatic rings. The summed E-state index contributed by atoms with van der Waals surface area (Å²) >= 11 is 0. The summed E-state index contributed by atoms with van der Waals surface area (Å²) in [5.74, 6) is -0.400. The van der Waals surface area contributed by atoms with E-state index in [4.69, 9.17) is 0 Å². The molecule has 3 nitrogen and oxygen atoms in total. The van der Waals surface area contributed by atoms with Crippen LogP contribution in [-0.2, 0) is 16.0 Å². The summed E-state index contributed by atoms with van der Waals surface area (Å²) in [6, 6.07) is 7.66. The van der Waals surface area contributed by atoms with Crippen molar-refractivity contribution in [2.24, 2.45) is 5.41 Å². The van der Waals surface area contributed by atoms with Crippen molar-refractivity contribution in [3.8, 4) is 0 Å². The third-order valence-corrected chi connectivity index (χ3v) is 4.52. The molecule has 20 heavy (non-hydrogen) atoms. The Balaban J connectivity index is 2.55. The molecule has 0 saturated carbocycles. The number of carbonyl (C=O) groups excluding carboxylic acids is 3. The van der Waals surface area contributed by atoms with E-state index in [1.165, 1.54) is 0 Å². The van der Waals surface area contributed by atoms with Gasteiger partial charge < -0.3 is 0 Å². The number of aldehydes is 1. The van der Waals surface area contributed by atoms with Gasteiger partial charge in [-0.15, -0.1) is 0 Å². The third-order valence-electron chi connectivity index (χ3n) is 3.41. The molecule has 0 aliphatic heterocycles. The first-order valence-electron chi connectivity index (χ1n) is 6.77. The van der Waals surface area contributed by atoms with E-state index in [0.29, 0.717) is 18.9 Å². The molecule has 0 saturated heterocycles. The summed E-state index contributed by atoms with van der Waals surface area (Å²) in [6.45, 7) is 5.55. The first-order valence-corrected chi connectivity index (χ1v) is 7.98. The topological polar surface area (TPSA) is 51.2 Å². The molecule has 108 valence electrons. The molecule has 1 atom stereocenters. The van der Waals surface area contributed by atoms with Crippen LogP contribution in [0.15, 0.2) is 24.3 Å². The zero-order valence-electron chi connectivity index (χ0n) is 12.2. The van der Waals surface area contributed by atoms with E-state index in [1.54, 1.807) is 13.8 Å². The zero-order valence-corrected chi connectivity index (χ0v) is 13.2.